The van der Waals surface area contributed by atoms with Gasteiger partial charge >= 0.3 is 0 Å². The van der Waals surface area contributed by atoms with Gasteiger partial charge in [-0.2, -0.15) is 4.98 Å². The summed E-state index contributed by atoms with van der Waals surface area (Å²) >= 11 is 0. The predicted molar refractivity (Wildman–Crippen MR) is 144 cm³/mol. The molecular weight excluding hydrogens is 486 g/mol. The molecule has 1 unspecified atom stereocenters. The van der Waals surface area contributed by atoms with Crippen LogP contribution in [0.4, 0.5) is 23.0 Å². The SMILES string of the molecule is C=CC(=O)Nc1cccc(Oc2nc(Nc3ccc(NN4CN5CC[C@H]4[C@H]5C(C)=O)cc3)ncc2OC)c1. The summed E-state index contributed by atoms with van der Waals surface area (Å²) in [5, 5.41) is 8.00. The fourth-order valence-electron chi connectivity index (χ4n) is 4.76. The Bertz CT molecular complexity index is 1350. The number of ether oxygens (including phenoxy) is 2. The molecule has 11 nitrogen and oxygen atoms in total. The number of aromatic nitrogens is 2. The van der Waals surface area contributed by atoms with Crippen molar-refractivity contribution < 1.29 is 19.1 Å². The van der Waals surface area contributed by atoms with E-state index >= 15 is 0 Å². The first-order chi connectivity index (χ1) is 18.4. The van der Waals surface area contributed by atoms with Crippen molar-refractivity contribution in [2.75, 3.05) is 36.4 Å². The molecule has 3 atom stereocenters. The van der Waals surface area contributed by atoms with Crippen molar-refractivity contribution in [1.29, 1.82) is 0 Å². The molecule has 1 amide bonds. The quantitative estimate of drug-likeness (QED) is 0.344. The second-order valence-electron chi connectivity index (χ2n) is 9.04. The first kappa shape index (κ1) is 25.2. The Morgan fingerprint density at radius 1 is 1.13 bits per heavy atom. The highest BCUT2D eigenvalue weighted by Gasteiger charge is 2.47. The molecule has 1 aromatic heterocycles. The lowest BCUT2D eigenvalue weighted by Gasteiger charge is -2.28. The Balaban J connectivity index is 1.25. The van der Waals surface area contributed by atoms with Crippen LogP contribution in [0.5, 0.6) is 17.4 Å². The van der Waals surface area contributed by atoms with E-state index in [1.165, 1.54) is 19.4 Å². The molecule has 38 heavy (non-hydrogen) atoms. The molecule has 11 heteroatoms. The van der Waals surface area contributed by atoms with E-state index in [1.807, 2.05) is 24.3 Å². The highest BCUT2D eigenvalue weighted by molar-refractivity contribution is 5.98. The van der Waals surface area contributed by atoms with Crippen molar-refractivity contribution >= 4 is 34.7 Å². The topological polar surface area (TPSA) is 121 Å². The van der Waals surface area contributed by atoms with Crippen molar-refractivity contribution in [1.82, 2.24) is 19.9 Å². The fourth-order valence-corrected chi connectivity index (χ4v) is 4.76. The van der Waals surface area contributed by atoms with Gasteiger partial charge in [0.25, 0.3) is 5.88 Å². The van der Waals surface area contributed by atoms with E-state index < -0.39 is 0 Å². The average Bonchev–Trinajstić information content (AvgIpc) is 3.48. The van der Waals surface area contributed by atoms with E-state index in [-0.39, 0.29) is 29.7 Å². The van der Waals surface area contributed by atoms with E-state index in [4.69, 9.17) is 9.47 Å². The Kier molecular flexibility index (Phi) is 7.20. The molecule has 3 aromatic rings. The number of amides is 1. The molecule has 2 aliphatic rings. The number of Topliss-reactive ketones (excluding diaryl/α,β-unsaturated/α-hetero) is 1. The molecule has 2 bridgehead atoms. The maximum Gasteiger partial charge on any atom is 0.267 e. The minimum Gasteiger partial charge on any atom is -0.490 e. The van der Waals surface area contributed by atoms with E-state index in [1.54, 1.807) is 31.2 Å². The lowest BCUT2D eigenvalue weighted by Crippen LogP contribution is -2.40. The van der Waals surface area contributed by atoms with Crippen molar-refractivity contribution in [3.63, 3.8) is 0 Å². The Morgan fingerprint density at radius 3 is 2.63 bits per heavy atom. The molecule has 2 aliphatic heterocycles. The third kappa shape index (κ3) is 5.43. The van der Waals surface area contributed by atoms with Crippen molar-refractivity contribution in [2.24, 2.45) is 0 Å². The van der Waals surface area contributed by atoms with Crippen LogP contribution in [0.1, 0.15) is 13.3 Å². The van der Waals surface area contributed by atoms with Gasteiger partial charge in [0.05, 0.1) is 32.1 Å². The maximum atomic E-state index is 12.0. The Hall–Kier alpha value is -4.48. The van der Waals surface area contributed by atoms with Gasteiger partial charge in [0, 0.05) is 29.7 Å². The number of methoxy groups -OCH3 is 1. The predicted octanol–water partition coefficient (Wildman–Crippen LogP) is 3.78. The van der Waals surface area contributed by atoms with Crippen LogP contribution in [0, 0.1) is 0 Å². The van der Waals surface area contributed by atoms with Gasteiger partial charge in [-0.25, -0.2) is 9.99 Å². The summed E-state index contributed by atoms with van der Waals surface area (Å²) in [6.45, 7) is 6.80. The number of rotatable bonds is 10. The number of carbonyl (C=O) groups is 2. The number of nitrogens with zero attached hydrogens (tertiary/aromatic N) is 4. The molecule has 2 saturated heterocycles. The number of anilines is 4. The zero-order valence-electron chi connectivity index (χ0n) is 21.2. The van der Waals surface area contributed by atoms with Gasteiger partial charge in [-0.15, -0.1) is 0 Å². The van der Waals surface area contributed by atoms with Crippen LogP contribution >= 0.6 is 0 Å². The van der Waals surface area contributed by atoms with Gasteiger partial charge in [0.2, 0.25) is 11.9 Å². The van der Waals surface area contributed by atoms with Crippen LogP contribution in [0.25, 0.3) is 0 Å². The summed E-state index contributed by atoms with van der Waals surface area (Å²) in [5.74, 6) is 1.26. The zero-order chi connectivity index (χ0) is 26.6. The molecule has 2 aromatic carbocycles. The van der Waals surface area contributed by atoms with Crippen LogP contribution in [0.2, 0.25) is 0 Å². The number of hydrogen-bond acceptors (Lipinski definition) is 10. The standard InChI is InChI=1S/C27H29N7O4/c1-4-24(36)29-20-6-5-7-21(14-20)38-26-23(37-3)15-28-27(31-26)30-18-8-10-19(11-9-18)32-34-16-33-13-12-22(34)25(33)17(2)35/h4-11,14-15,22,25,32H,1,12-13,16H2,2-3H3,(H,29,36)(H,28,30,31)/t22-,25+/m0/s1. The number of benzene rings is 2. The molecule has 0 radical (unpaired) electrons. The minimum absolute atomic E-state index is 0.0274. The minimum atomic E-state index is -0.319. The Morgan fingerprint density at radius 2 is 1.92 bits per heavy atom. The second kappa shape index (κ2) is 10.9. The first-order valence-corrected chi connectivity index (χ1v) is 12.2. The molecule has 3 N–H and O–H groups in total. The van der Waals surface area contributed by atoms with Crippen molar-refractivity contribution in [3.8, 4) is 17.4 Å². The summed E-state index contributed by atoms with van der Waals surface area (Å²) in [6.07, 6.45) is 3.69. The molecule has 0 spiro atoms. The molecule has 2 fully saturated rings. The van der Waals surface area contributed by atoms with Crippen LogP contribution < -0.4 is 25.5 Å². The lowest BCUT2D eigenvalue weighted by atomic mass is 10.1. The van der Waals surface area contributed by atoms with Gasteiger partial charge in [0.15, 0.2) is 5.75 Å². The fraction of sp³-hybridized carbons (Fsp3) is 0.259. The van der Waals surface area contributed by atoms with Gasteiger partial charge in [-0.1, -0.05) is 12.6 Å². The summed E-state index contributed by atoms with van der Waals surface area (Å²) in [6, 6.07) is 14.8. The largest absolute Gasteiger partial charge is 0.490 e. The van der Waals surface area contributed by atoms with Gasteiger partial charge in [-0.3, -0.25) is 14.5 Å². The number of hydrogen-bond donors (Lipinski definition) is 3. The van der Waals surface area contributed by atoms with Gasteiger partial charge < -0.3 is 25.5 Å². The highest BCUT2D eigenvalue weighted by atomic mass is 16.5. The van der Waals surface area contributed by atoms with Gasteiger partial charge in [0.1, 0.15) is 11.5 Å². The molecule has 5 rings (SSSR count). The lowest BCUT2D eigenvalue weighted by molar-refractivity contribution is -0.120. The second-order valence-corrected chi connectivity index (χ2v) is 9.04. The molecule has 3 heterocycles. The zero-order valence-corrected chi connectivity index (χ0v) is 21.2. The molecule has 0 aliphatic carbocycles. The number of carbonyl (C=O) groups excluding carboxylic acids is 2. The van der Waals surface area contributed by atoms with Crippen LogP contribution in [0.3, 0.4) is 0 Å². The Labute approximate surface area is 220 Å². The van der Waals surface area contributed by atoms with E-state index in [2.05, 4.69) is 42.5 Å². The highest BCUT2D eigenvalue weighted by Crippen LogP contribution is 2.33. The third-order valence-electron chi connectivity index (χ3n) is 6.48. The maximum absolute atomic E-state index is 12.0. The van der Waals surface area contributed by atoms with Crippen molar-refractivity contribution in [3.05, 3.63) is 67.4 Å². The number of fused-ring (bicyclic) bond motifs is 2. The van der Waals surface area contributed by atoms with E-state index in [0.717, 1.165) is 31.0 Å². The number of nitrogens with one attached hydrogen (secondary N) is 3. The van der Waals surface area contributed by atoms with Gasteiger partial charge in [-0.05, 0) is 55.8 Å². The normalized spacial score (nSPS) is 20.0. The van der Waals surface area contributed by atoms with E-state index in [0.29, 0.717) is 23.1 Å². The monoisotopic (exact) mass is 515 g/mol. The average molecular weight is 516 g/mol. The molecule has 0 saturated carbocycles. The number of ketones is 1. The third-order valence-corrected chi connectivity index (χ3v) is 6.48. The summed E-state index contributed by atoms with van der Waals surface area (Å²) in [5.41, 5.74) is 5.70. The smallest absolute Gasteiger partial charge is 0.267 e. The van der Waals surface area contributed by atoms with Crippen molar-refractivity contribution in [2.45, 2.75) is 25.4 Å². The summed E-state index contributed by atoms with van der Waals surface area (Å²) in [4.78, 5) is 34.6. The summed E-state index contributed by atoms with van der Waals surface area (Å²) < 4.78 is 11.3. The van der Waals surface area contributed by atoms with Crippen LogP contribution in [0.15, 0.2) is 67.4 Å². The van der Waals surface area contributed by atoms with Crippen LogP contribution in [-0.4, -0.2) is 64.0 Å². The molecular formula is C27H29N7O4. The van der Waals surface area contributed by atoms with E-state index in [9.17, 15) is 9.59 Å². The van der Waals surface area contributed by atoms with Crippen LogP contribution in [-0.2, 0) is 9.59 Å². The summed E-state index contributed by atoms with van der Waals surface area (Å²) in [7, 11) is 1.51. The number of hydrazine groups is 1. The first-order valence-electron chi connectivity index (χ1n) is 12.2. The molecule has 196 valence electrons.